The molecule has 1 saturated carbocycles. The first-order valence-corrected chi connectivity index (χ1v) is 5.04. The first-order chi connectivity index (χ1) is 5.30. The summed E-state index contributed by atoms with van der Waals surface area (Å²) in [5.74, 6) is 0.984. The molecule has 0 aromatic rings. The molecule has 0 radical (unpaired) electrons. The molecule has 0 N–H and O–H groups in total. The molecule has 1 heteroatoms. The fourth-order valence-corrected chi connectivity index (χ4v) is 3.29. The Hall–Kier alpha value is -0.0400. The van der Waals surface area contributed by atoms with Crippen molar-refractivity contribution in [2.45, 2.75) is 38.6 Å². The third-order valence-electron chi connectivity index (χ3n) is 4.11. The molecule has 2 saturated heterocycles. The normalized spacial score (nSPS) is 46.6. The molecule has 1 spiro atoms. The fraction of sp³-hybridized carbons (Fsp3) is 1.00. The summed E-state index contributed by atoms with van der Waals surface area (Å²) in [6.07, 6.45) is 6.10. The number of fused-ring (bicyclic) bond motifs is 2. The average molecular weight is 151 g/mol. The van der Waals surface area contributed by atoms with Crippen LogP contribution in [-0.2, 0) is 0 Å². The van der Waals surface area contributed by atoms with E-state index < -0.39 is 0 Å². The summed E-state index contributed by atoms with van der Waals surface area (Å²) < 4.78 is 0. The van der Waals surface area contributed by atoms with Gasteiger partial charge in [-0.2, -0.15) is 0 Å². The molecule has 3 fully saturated rings. The van der Waals surface area contributed by atoms with Gasteiger partial charge in [-0.1, -0.05) is 6.92 Å². The lowest BCUT2D eigenvalue weighted by atomic mass is 9.92. The molecule has 62 valence electrons. The van der Waals surface area contributed by atoms with Crippen molar-refractivity contribution in [1.29, 1.82) is 0 Å². The molecule has 2 aliphatic heterocycles. The Balaban J connectivity index is 1.85. The molecule has 1 unspecified atom stereocenters. The second-order valence-corrected chi connectivity index (χ2v) is 4.96. The van der Waals surface area contributed by atoms with Crippen molar-refractivity contribution in [3.63, 3.8) is 0 Å². The van der Waals surface area contributed by atoms with Crippen LogP contribution in [0.15, 0.2) is 0 Å². The highest BCUT2D eigenvalue weighted by molar-refractivity contribution is 5.10. The van der Waals surface area contributed by atoms with Gasteiger partial charge in [-0.15, -0.1) is 0 Å². The quantitative estimate of drug-likeness (QED) is 0.511. The van der Waals surface area contributed by atoms with Crippen molar-refractivity contribution in [1.82, 2.24) is 4.90 Å². The summed E-state index contributed by atoms with van der Waals surface area (Å²) in [7, 11) is 0. The molecular formula is C10H17N. The minimum atomic E-state index is 0.852. The number of hydrogen-bond acceptors (Lipinski definition) is 1. The van der Waals surface area contributed by atoms with Crippen LogP contribution in [0, 0.1) is 11.3 Å². The van der Waals surface area contributed by atoms with E-state index in [9.17, 15) is 0 Å². The van der Waals surface area contributed by atoms with Crippen molar-refractivity contribution < 1.29 is 0 Å². The van der Waals surface area contributed by atoms with Crippen molar-refractivity contribution in [2.75, 3.05) is 13.1 Å². The summed E-state index contributed by atoms with van der Waals surface area (Å²) in [4.78, 5) is 2.75. The van der Waals surface area contributed by atoms with Crippen molar-refractivity contribution in [3.05, 3.63) is 0 Å². The highest BCUT2D eigenvalue weighted by atomic mass is 15.2. The zero-order valence-electron chi connectivity index (χ0n) is 7.34. The van der Waals surface area contributed by atoms with Crippen LogP contribution in [0.4, 0.5) is 0 Å². The van der Waals surface area contributed by atoms with Gasteiger partial charge in [-0.3, -0.25) is 4.90 Å². The lowest BCUT2D eigenvalue weighted by molar-refractivity contribution is 0.280. The zero-order valence-corrected chi connectivity index (χ0v) is 7.34. The van der Waals surface area contributed by atoms with E-state index in [0.29, 0.717) is 0 Å². The minimum absolute atomic E-state index is 0.852. The Bertz CT molecular complexity index is 183. The summed E-state index contributed by atoms with van der Waals surface area (Å²) in [6, 6.07) is 1.01. The number of nitrogens with zero attached hydrogens (tertiary/aromatic N) is 1. The Kier molecular flexibility index (Phi) is 1.07. The lowest BCUT2D eigenvalue weighted by Gasteiger charge is -2.18. The summed E-state index contributed by atoms with van der Waals surface area (Å²) in [5, 5.41) is 0. The maximum Gasteiger partial charge on any atom is 0.0155 e. The van der Waals surface area contributed by atoms with Crippen molar-refractivity contribution in [3.8, 4) is 0 Å². The molecule has 3 aliphatic rings. The predicted molar refractivity (Wildman–Crippen MR) is 45.4 cm³/mol. The molecule has 1 nitrogen and oxygen atoms in total. The molecule has 0 amide bonds. The van der Waals surface area contributed by atoms with E-state index in [1.807, 2.05) is 0 Å². The smallest absolute Gasteiger partial charge is 0.0155 e. The summed E-state index contributed by atoms with van der Waals surface area (Å²) >= 11 is 0. The predicted octanol–water partition coefficient (Wildman–Crippen LogP) is 1.88. The molecule has 2 heterocycles. The van der Waals surface area contributed by atoms with Crippen LogP contribution in [0.2, 0.25) is 0 Å². The third-order valence-corrected chi connectivity index (χ3v) is 4.11. The van der Waals surface area contributed by atoms with Crippen LogP contribution < -0.4 is 0 Å². The first-order valence-electron chi connectivity index (χ1n) is 5.04. The van der Waals surface area contributed by atoms with E-state index in [1.165, 1.54) is 25.9 Å². The molecule has 11 heavy (non-hydrogen) atoms. The molecule has 0 aromatic heterocycles. The van der Waals surface area contributed by atoms with E-state index >= 15 is 0 Å². The lowest BCUT2D eigenvalue weighted by Crippen LogP contribution is -2.26. The van der Waals surface area contributed by atoms with Gasteiger partial charge in [0.05, 0.1) is 0 Å². The Labute approximate surface area is 68.8 Å². The summed E-state index contributed by atoms with van der Waals surface area (Å²) in [5.41, 5.74) is 0.852. The van der Waals surface area contributed by atoms with Gasteiger partial charge in [-0.05, 0) is 43.6 Å². The Morgan fingerprint density at radius 1 is 1.27 bits per heavy atom. The van der Waals surface area contributed by atoms with Gasteiger partial charge < -0.3 is 0 Å². The second-order valence-electron chi connectivity index (χ2n) is 4.96. The fourth-order valence-electron chi connectivity index (χ4n) is 3.29. The third kappa shape index (κ3) is 0.752. The topological polar surface area (TPSA) is 3.24 Å². The molecule has 3 rings (SSSR count). The van der Waals surface area contributed by atoms with Gasteiger partial charge in [0.2, 0.25) is 0 Å². The molecule has 2 atom stereocenters. The highest BCUT2D eigenvalue weighted by Crippen LogP contribution is 2.60. The van der Waals surface area contributed by atoms with E-state index in [4.69, 9.17) is 0 Å². The van der Waals surface area contributed by atoms with Crippen molar-refractivity contribution >= 4 is 0 Å². The maximum absolute atomic E-state index is 2.75. The molecule has 0 aromatic carbocycles. The van der Waals surface area contributed by atoms with Crippen molar-refractivity contribution in [2.24, 2.45) is 11.3 Å². The standard InChI is InChI=1S/C10H17N/c1-8-6-9-10(2-3-10)4-5-11(9)7-8/h8-9H,2-7H2,1H3/t8-,9?/m0/s1. The van der Waals surface area contributed by atoms with Crippen LogP contribution in [-0.4, -0.2) is 24.0 Å². The number of rotatable bonds is 0. The van der Waals surface area contributed by atoms with E-state index in [1.54, 1.807) is 12.8 Å². The van der Waals surface area contributed by atoms with Gasteiger partial charge in [0.1, 0.15) is 0 Å². The van der Waals surface area contributed by atoms with Crippen LogP contribution >= 0.6 is 0 Å². The van der Waals surface area contributed by atoms with Gasteiger partial charge >= 0.3 is 0 Å². The molecule has 1 aliphatic carbocycles. The minimum Gasteiger partial charge on any atom is -0.300 e. The van der Waals surface area contributed by atoms with E-state index in [-0.39, 0.29) is 0 Å². The van der Waals surface area contributed by atoms with Crippen LogP contribution in [0.5, 0.6) is 0 Å². The molecule has 0 bridgehead atoms. The van der Waals surface area contributed by atoms with Gasteiger partial charge in [-0.25, -0.2) is 0 Å². The SMILES string of the molecule is C[C@H]1CC2N(CCC23CC3)C1. The maximum atomic E-state index is 2.75. The van der Waals surface area contributed by atoms with E-state index in [2.05, 4.69) is 11.8 Å². The van der Waals surface area contributed by atoms with Crippen LogP contribution in [0.3, 0.4) is 0 Å². The second kappa shape index (κ2) is 1.82. The first kappa shape index (κ1) is 6.47. The highest BCUT2D eigenvalue weighted by Gasteiger charge is 2.57. The van der Waals surface area contributed by atoms with Crippen LogP contribution in [0.1, 0.15) is 32.6 Å². The Morgan fingerprint density at radius 3 is 2.82 bits per heavy atom. The molecular weight excluding hydrogens is 134 g/mol. The van der Waals surface area contributed by atoms with E-state index in [0.717, 1.165) is 17.4 Å². The van der Waals surface area contributed by atoms with Gasteiger partial charge in [0.15, 0.2) is 0 Å². The monoisotopic (exact) mass is 151 g/mol. The Morgan fingerprint density at radius 2 is 2.09 bits per heavy atom. The van der Waals surface area contributed by atoms with Gasteiger partial charge in [0.25, 0.3) is 0 Å². The largest absolute Gasteiger partial charge is 0.300 e. The number of hydrogen-bond donors (Lipinski definition) is 0. The average Bonchev–Trinajstić information content (AvgIpc) is 2.57. The zero-order chi connectivity index (χ0) is 7.47. The summed E-state index contributed by atoms with van der Waals surface area (Å²) in [6.45, 7) is 5.22. The van der Waals surface area contributed by atoms with Gasteiger partial charge in [0, 0.05) is 12.6 Å². The van der Waals surface area contributed by atoms with Crippen LogP contribution in [0.25, 0.3) is 0 Å².